The molecule has 2 rings (SSSR count). The van der Waals surface area contributed by atoms with Gasteiger partial charge < -0.3 is 0 Å². The third kappa shape index (κ3) is 7.48. The molecule has 0 atom stereocenters. The highest BCUT2D eigenvalue weighted by Gasteiger charge is 2.18. The van der Waals surface area contributed by atoms with Crippen molar-refractivity contribution in [3.8, 4) is 0 Å². The first kappa shape index (κ1) is 22.8. The standard InChI is InChI=1S/C24H30O2S2/c1-3-5-7-17-27-21-13-9-19(10-14-21)23(25)24(26)20-11-15-22(16-12-20)28-18-8-6-4-2/h9-16H,3-8,17-18H2,1-2H3. The predicted molar refractivity (Wildman–Crippen MR) is 122 cm³/mol. The molecule has 0 spiro atoms. The molecule has 0 aromatic heterocycles. The monoisotopic (exact) mass is 414 g/mol. The summed E-state index contributed by atoms with van der Waals surface area (Å²) in [5, 5.41) is 0. The van der Waals surface area contributed by atoms with Crippen LogP contribution in [-0.2, 0) is 0 Å². The van der Waals surface area contributed by atoms with Crippen LogP contribution >= 0.6 is 23.5 Å². The third-order valence-corrected chi connectivity index (χ3v) is 6.67. The van der Waals surface area contributed by atoms with Gasteiger partial charge in [0, 0.05) is 20.9 Å². The number of hydrogen-bond acceptors (Lipinski definition) is 4. The van der Waals surface area contributed by atoms with Crippen LogP contribution in [0.4, 0.5) is 0 Å². The first-order valence-electron chi connectivity index (χ1n) is 10.2. The van der Waals surface area contributed by atoms with Crippen molar-refractivity contribution in [2.45, 2.75) is 62.2 Å². The highest BCUT2D eigenvalue weighted by atomic mass is 32.2. The van der Waals surface area contributed by atoms with E-state index in [1.54, 1.807) is 47.8 Å². The lowest BCUT2D eigenvalue weighted by molar-refractivity contribution is 0.0817. The molecule has 0 saturated heterocycles. The van der Waals surface area contributed by atoms with Gasteiger partial charge in [-0.25, -0.2) is 0 Å². The smallest absolute Gasteiger partial charge is 0.233 e. The van der Waals surface area contributed by atoms with E-state index >= 15 is 0 Å². The van der Waals surface area contributed by atoms with Gasteiger partial charge in [-0.1, -0.05) is 39.5 Å². The van der Waals surface area contributed by atoms with Crippen molar-refractivity contribution in [3.05, 3.63) is 59.7 Å². The van der Waals surface area contributed by atoms with E-state index in [0.29, 0.717) is 11.1 Å². The molecule has 28 heavy (non-hydrogen) atoms. The van der Waals surface area contributed by atoms with E-state index < -0.39 is 11.6 Å². The van der Waals surface area contributed by atoms with E-state index in [1.807, 2.05) is 24.3 Å². The van der Waals surface area contributed by atoms with Gasteiger partial charge in [0.05, 0.1) is 0 Å². The second-order valence-corrected chi connectivity index (χ2v) is 9.15. The molecule has 0 aliphatic heterocycles. The van der Waals surface area contributed by atoms with Gasteiger partial charge in [-0.2, -0.15) is 0 Å². The summed E-state index contributed by atoms with van der Waals surface area (Å²) in [6.07, 6.45) is 7.33. The van der Waals surface area contributed by atoms with Crippen molar-refractivity contribution in [3.63, 3.8) is 0 Å². The summed E-state index contributed by atoms with van der Waals surface area (Å²) < 4.78 is 0. The van der Waals surface area contributed by atoms with Crippen LogP contribution < -0.4 is 0 Å². The highest BCUT2D eigenvalue weighted by Crippen LogP contribution is 2.22. The van der Waals surface area contributed by atoms with Gasteiger partial charge in [0.2, 0.25) is 11.6 Å². The number of Topliss-reactive ketones (excluding diaryl/α,β-unsaturated/α-hetero) is 2. The molecule has 0 saturated carbocycles. The molecule has 2 aromatic carbocycles. The first-order valence-corrected chi connectivity index (χ1v) is 12.2. The van der Waals surface area contributed by atoms with E-state index in [-0.39, 0.29) is 0 Å². The number of thioether (sulfide) groups is 2. The second kappa shape index (κ2) is 12.8. The molecular weight excluding hydrogens is 384 g/mol. The van der Waals surface area contributed by atoms with Gasteiger partial charge in [-0.15, -0.1) is 23.5 Å². The van der Waals surface area contributed by atoms with Gasteiger partial charge in [0.25, 0.3) is 0 Å². The van der Waals surface area contributed by atoms with Crippen molar-refractivity contribution in [2.75, 3.05) is 11.5 Å². The third-order valence-electron chi connectivity index (χ3n) is 4.47. The fourth-order valence-electron chi connectivity index (χ4n) is 2.75. The Hall–Kier alpha value is -1.52. The van der Waals surface area contributed by atoms with Crippen molar-refractivity contribution in [1.29, 1.82) is 0 Å². The van der Waals surface area contributed by atoms with Gasteiger partial charge in [-0.05, 0) is 72.9 Å². The van der Waals surface area contributed by atoms with Crippen LogP contribution in [-0.4, -0.2) is 23.1 Å². The maximum absolute atomic E-state index is 12.5. The molecule has 0 amide bonds. The summed E-state index contributed by atoms with van der Waals surface area (Å²) in [4.78, 5) is 27.3. The molecule has 0 aliphatic carbocycles. The fourth-order valence-corrected chi connectivity index (χ4v) is 4.58. The number of rotatable bonds is 13. The lowest BCUT2D eigenvalue weighted by Gasteiger charge is -2.05. The Morgan fingerprint density at radius 2 is 0.964 bits per heavy atom. The summed E-state index contributed by atoms with van der Waals surface area (Å²) in [6.45, 7) is 4.39. The molecule has 0 bridgehead atoms. The molecule has 4 heteroatoms. The Morgan fingerprint density at radius 3 is 1.29 bits per heavy atom. The number of carbonyl (C=O) groups is 2. The van der Waals surface area contributed by atoms with E-state index in [4.69, 9.17) is 0 Å². The summed E-state index contributed by atoms with van der Waals surface area (Å²) in [7, 11) is 0. The zero-order chi connectivity index (χ0) is 20.2. The Labute approximate surface area is 177 Å². The van der Waals surface area contributed by atoms with Gasteiger partial charge in [-0.3, -0.25) is 9.59 Å². The summed E-state index contributed by atoms with van der Waals surface area (Å²) in [5.74, 6) is 1.29. The second-order valence-electron chi connectivity index (χ2n) is 6.82. The normalized spacial score (nSPS) is 10.8. The Balaban J connectivity index is 1.90. The number of ketones is 2. The summed E-state index contributed by atoms with van der Waals surface area (Å²) in [5.41, 5.74) is 0.918. The number of benzene rings is 2. The molecule has 0 radical (unpaired) electrons. The fraction of sp³-hybridized carbons (Fsp3) is 0.417. The maximum Gasteiger partial charge on any atom is 0.233 e. The van der Waals surface area contributed by atoms with Gasteiger partial charge >= 0.3 is 0 Å². The Morgan fingerprint density at radius 1 is 0.607 bits per heavy atom. The highest BCUT2D eigenvalue weighted by molar-refractivity contribution is 7.99. The number of hydrogen-bond donors (Lipinski definition) is 0. The molecule has 0 aliphatic rings. The van der Waals surface area contributed by atoms with Crippen LogP contribution in [0.15, 0.2) is 58.3 Å². The molecule has 0 unspecified atom stereocenters. The lowest BCUT2D eigenvalue weighted by Crippen LogP contribution is -2.14. The summed E-state index contributed by atoms with van der Waals surface area (Å²) in [6, 6.07) is 14.8. The van der Waals surface area contributed by atoms with Gasteiger partial charge in [0.1, 0.15) is 0 Å². The van der Waals surface area contributed by atoms with Crippen LogP contribution in [0.3, 0.4) is 0 Å². The van der Waals surface area contributed by atoms with Crippen molar-refractivity contribution in [1.82, 2.24) is 0 Å². The largest absolute Gasteiger partial charge is 0.285 e. The van der Waals surface area contributed by atoms with Crippen LogP contribution in [0.25, 0.3) is 0 Å². The van der Waals surface area contributed by atoms with Gasteiger partial charge in [0.15, 0.2) is 0 Å². The molecule has 0 heterocycles. The molecular formula is C24H30O2S2. The van der Waals surface area contributed by atoms with Crippen LogP contribution in [0.5, 0.6) is 0 Å². The summed E-state index contributed by atoms with van der Waals surface area (Å²) >= 11 is 3.60. The zero-order valence-corrected chi connectivity index (χ0v) is 18.5. The van der Waals surface area contributed by atoms with Crippen molar-refractivity contribution < 1.29 is 9.59 Å². The topological polar surface area (TPSA) is 34.1 Å². The maximum atomic E-state index is 12.5. The molecule has 2 aromatic rings. The van der Waals surface area contributed by atoms with Crippen molar-refractivity contribution in [2.24, 2.45) is 0 Å². The van der Waals surface area contributed by atoms with Crippen LogP contribution in [0, 0.1) is 0 Å². The van der Waals surface area contributed by atoms with Crippen LogP contribution in [0.2, 0.25) is 0 Å². The molecule has 150 valence electrons. The zero-order valence-electron chi connectivity index (χ0n) is 16.9. The van der Waals surface area contributed by atoms with Crippen LogP contribution in [0.1, 0.15) is 73.1 Å². The number of unbranched alkanes of at least 4 members (excludes halogenated alkanes) is 4. The number of carbonyl (C=O) groups excluding carboxylic acids is 2. The van der Waals surface area contributed by atoms with E-state index in [0.717, 1.165) is 21.3 Å². The molecule has 0 fully saturated rings. The quantitative estimate of drug-likeness (QED) is 0.149. The minimum Gasteiger partial charge on any atom is -0.285 e. The first-order chi connectivity index (χ1) is 13.7. The average Bonchev–Trinajstić information content (AvgIpc) is 2.74. The minimum atomic E-state index is -0.439. The SMILES string of the molecule is CCCCCSc1ccc(C(=O)C(=O)c2ccc(SCCCCC)cc2)cc1. The minimum absolute atomic E-state index is 0.439. The Kier molecular flexibility index (Phi) is 10.4. The lowest BCUT2D eigenvalue weighted by atomic mass is 10.0. The average molecular weight is 415 g/mol. The predicted octanol–water partition coefficient (Wildman–Crippen LogP) is 7.32. The Bertz CT molecular complexity index is 671. The molecule has 0 N–H and O–H groups in total. The van der Waals surface area contributed by atoms with E-state index in [1.165, 1.54) is 38.5 Å². The van der Waals surface area contributed by atoms with E-state index in [2.05, 4.69) is 13.8 Å². The van der Waals surface area contributed by atoms with E-state index in [9.17, 15) is 9.59 Å². The molecule has 2 nitrogen and oxygen atoms in total. The van der Waals surface area contributed by atoms with Crippen molar-refractivity contribution >= 4 is 35.1 Å².